The topological polar surface area (TPSA) is 87.0 Å². The maximum atomic E-state index is 11.6. The molecule has 0 saturated heterocycles. The Labute approximate surface area is 150 Å². The molecule has 3 N–H and O–H groups in total. The van der Waals surface area contributed by atoms with Gasteiger partial charge in [-0.3, -0.25) is 0 Å². The van der Waals surface area contributed by atoms with Gasteiger partial charge in [-0.25, -0.2) is 4.79 Å². The second-order valence-electron chi connectivity index (χ2n) is 9.25. The number of aliphatic hydroxyl groups excluding tert-OH is 2. The minimum Gasteiger partial charge on any atom is -0.429 e. The van der Waals surface area contributed by atoms with Gasteiger partial charge in [-0.1, -0.05) is 27.7 Å². The molecule has 2 aliphatic carbocycles. The van der Waals surface area contributed by atoms with Crippen LogP contribution in [0.3, 0.4) is 0 Å². The molecule has 0 aromatic rings. The predicted molar refractivity (Wildman–Crippen MR) is 93.4 cm³/mol. The van der Waals surface area contributed by atoms with E-state index in [-0.39, 0.29) is 11.3 Å². The van der Waals surface area contributed by atoms with E-state index in [0.29, 0.717) is 30.8 Å². The number of rotatable bonds is 3. The second-order valence-corrected chi connectivity index (χ2v) is 9.25. The number of hydrogen-bond acceptors (Lipinski definition) is 5. The lowest BCUT2D eigenvalue weighted by Gasteiger charge is -2.63. The van der Waals surface area contributed by atoms with Gasteiger partial charge in [0, 0.05) is 17.1 Å². The molecule has 0 spiro atoms. The van der Waals surface area contributed by atoms with E-state index >= 15 is 0 Å². The largest absolute Gasteiger partial charge is 0.429 e. The lowest BCUT2D eigenvalue weighted by atomic mass is 9.45. The monoisotopic (exact) mass is 352 g/mol. The number of ether oxygens (including phenoxy) is 1. The van der Waals surface area contributed by atoms with Crippen LogP contribution >= 0.6 is 0 Å². The molecule has 5 nitrogen and oxygen atoms in total. The Morgan fingerprint density at radius 3 is 2.48 bits per heavy atom. The molecule has 0 aromatic carbocycles. The Hall–Kier alpha value is -0.910. The average molecular weight is 352 g/mol. The molecule has 0 bridgehead atoms. The number of carbonyl (C=O) groups is 1. The first-order chi connectivity index (χ1) is 11.5. The normalized spacial score (nSPS) is 46.4. The summed E-state index contributed by atoms with van der Waals surface area (Å²) in [6, 6.07) is 0. The van der Waals surface area contributed by atoms with Gasteiger partial charge in [0.25, 0.3) is 0 Å². The third-order valence-corrected chi connectivity index (χ3v) is 7.93. The van der Waals surface area contributed by atoms with Crippen molar-refractivity contribution in [1.29, 1.82) is 0 Å². The third-order valence-electron chi connectivity index (χ3n) is 7.93. The summed E-state index contributed by atoms with van der Waals surface area (Å²) in [5.41, 5.74) is -0.914. The molecule has 25 heavy (non-hydrogen) atoms. The summed E-state index contributed by atoms with van der Waals surface area (Å²) < 4.78 is 4.79. The van der Waals surface area contributed by atoms with Crippen molar-refractivity contribution in [3.63, 3.8) is 0 Å². The number of aliphatic hydroxyl groups is 3. The number of esters is 1. The molecule has 3 rings (SSSR count). The van der Waals surface area contributed by atoms with E-state index in [4.69, 9.17) is 4.74 Å². The van der Waals surface area contributed by atoms with E-state index in [1.54, 1.807) is 0 Å². The number of fused-ring (bicyclic) bond motifs is 1. The van der Waals surface area contributed by atoms with Crippen LogP contribution in [0.25, 0.3) is 0 Å². The Kier molecular flexibility index (Phi) is 4.58. The Bertz CT molecular complexity index is 583. The molecule has 1 aliphatic heterocycles. The summed E-state index contributed by atoms with van der Waals surface area (Å²) in [7, 11) is 0. The number of cyclic esters (lactones) is 1. The van der Waals surface area contributed by atoms with Crippen molar-refractivity contribution in [1.82, 2.24) is 0 Å². The molecular formula is C20H32O5. The molecule has 6 atom stereocenters. The van der Waals surface area contributed by atoms with Crippen LogP contribution in [0.1, 0.15) is 66.2 Å². The van der Waals surface area contributed by atoms with E-state index in [9.17, 15) is 20.1 Å². The molecule has 0 amide bonds. The van der Waals surface area contributed by atoms with Crippen LogP contribution in [0.4, 0.5) is 0 Å². The van der Waals surface area contributed by atoms with E-state index in [1.807, 2.05) is 13.8 Å². The van der Waals surface area contributed by atoms with Crippen molar-refractivity contribution in [3.8, 4) is 0 Å². The number of hydrogen-bond donors (Lipinski definition) is 3. The van der Waals surface area contributed by atoms with Gasteiger partial charge in [0.1, 0.15) is 0 Å². The van der Waals surface area contributed by atoms with E-state index in [1.165, 1.54) is 6.08 Å². The highest BCUT2D eigenvalue weighted by atomic mass is 16.6. The van der Waals surface area contributed by atoms with Crippen LogP contribution in [-0.2, 0) is 9.53 Å². The Balaban J connectivity index is 1.86. The first-order valence-corrected chi connectivity index (χ1v) is 9.52. The fourth-order valence-corrected chi connectivity index (χ4v) is 5.62. The minimum absolute atomic E-state index is 0.0953. The van der Waals surface area contributed by atoms with E-state index in [2.05, 4.69) is 13.8 Å². The van der Waals surface area contributed by atoms with Crippen LogP contribution in [0.5, 0.6) is 0 Å². The molecule has 1 heterocycles. The Morgan fingerprint density at radius 1 is 1.20 bits per heavy atom. The van der Waals surface area contributed by atoms with Gasteiger partial charge in [0.2, 0.25) is 6.29 Å². The van der Waals surface area contributed by atoms with Crippen LogP contribution in [0.15, 0.2) is 11.6 Å². The Morgan fingerprint density at radius 2 is 1.88 bits per heavy atom. The molecule has 0 aromatic heterocycles. The zero-order chi connectivity index (χ0) is 18.6. The maximum Gasteiger partial charge on any atom is 0.333 e. The summed E-state index contributed by atoms with van der Waals surface area (Å²) in [5, 5.41) is 32.0. The highest BCUT2D eigenvalue weighted by Crippen LogP contribution is 2.62. The van der Waals surface area contributed by atoms with Crippen molar-refractivity contribution in [2.45, 2.75) is 84.2 Å². The molecule has 0 radical (unpaired) electrons. The predicted octanol–water partition coefficient (Wildman–Crippen LogP) is 2.53. The molecular weight excluding hydrogens is 320 g/mol. The minimum atomic E-state index is -1.13. The first-order valence-electron chi connectivity index (χ1n) is 9.52. The summed E-state index contributed by atoms with van der Waals surface area (Å²) in [6.07, 6.45) is 4.28. The zero-order valence-electron chi connectivity index (χ0n) is 15.8. The zero-order valence-corrected chi connectivity index (χ0v) is 15.8. The summed E-state index contributed by atoms with van der Waals surface area (Å²) in [5.74, 6) is 0.0419. The van der Waals surface area contributed by atoms with Crippen LogP contribution in [0.2, 0.25) is 0 Å². The highest BCUT2D eigenvalue weighted by molar-refractivity contribution is 5.85. The average Bonchev–Trinajstić information content (AvgIpc) is 2.85. The molecule has 142 valence electrons. The quantitative estimate of drug-likeness (QED) is 0.680. The molecule has 2 fully saturated rings. The van der Waals surface area contributed by atoms with Gasteiger partial charge in [-0.05, 0) is 55.8 Å². The summed E-state index contributed by atoms with van der Waals surface area (Å²) >= 11 is 0. The van der Waals surface area contributed by atoms with Gasteiger partial charge in [-0.15, -0.1) is 0 Å². The van der Waals surface area contributed by atoms with Gasteiger partial charge in [0.15, 0.2) is 0 Å². The maximum absolute atomic E-state index is 11.6. The van der Waals surface area contributed by atoms with Crippen molar-refractivity contribution in [2.75, 3.05) is 0 Å². The van der Waals surface area contributed by atoms with Crippen molar-refractivity contribution < 1.29 is 24.9 Å². The SMILES string of the molecule is CC1CCC2(O)C(CCC(O)C2(C)C)C1(C)CCC1=CC(=O)OC1O. The van der Waals surface area contributed by atoms with Gasteiger partial charge >= 0.3 is 5.97 Å². The number of carbonyl (C=O) groups excluding carboxylic acids is 1. The second kappa shape index (κ2) is 6.07. The molecule has 2 saturated carbocycles. The van der Waals surface area contributed by atoms with Gasteiger partial charge in [0.05, 0.1) is 11.7 Å². The fraction of sp³-hybridized carbons (Fsp3) is 0.850. The third kappa shape index (κ3) is 2.75. The van der Waals surface area contributed by atoms with Gasteiger partial charge < -0.3 is 20.1 Å². The first kappa shape index (κ1) is 18.9. The fourth-order valence-electron chi connectivity index (χ4n) is 5.62. The van der Waals surface area contributed by atoms with Crippen LogP contribution in [0, 0.1) is 22.7 Å². The van der Waals surface area contributed by atoms with Crippen molar-refractivity contribution in [2.24, 2.45) is 22.7 Å². The van der Waals surface area contributed by atoms with Crippen LogP contribution < -0.4 is 0 Å². The van der Waals surface area contributed by atoms with Crippen LogP contribution in [-0.4, -0.2) is 39.3 Å². The molecule has 5 heteroatoms. The van der Waals surface area contributed by atoms with Crippen molar-refractivity contribution in [3.05, 3.63) is 11.6 Å². The molecule has 3 aliphatic rings. The summed E-state index contributed by atoms with van der Waals surface area (Å²) in [6.45, 7) is 8.43. The van der Waals surface area contributed by atoms with Crippen molar-refractivity contribution >= 4 is 5.97 Å². The lowest BCUT2D eigenvalue weighted by molar-refractivity contribution is -0.243. The lowest BCUT2D eigenvalue weighted by Crippen LogP contribution is -2.66. The van der Waals surface area contributed by atoms with E-state index in [0.717, 1.165) is 19.3 Å². The standard InChI is InChI=1S/C20H32O5/c1-12-7-10-20(24)14(5-6-15(21)18(20,2)3)19(12,4)9-8-13-11-16(22)25-17(13)23/h11-12,14-15,17,21,23-24H,5-10H2,1-4H3. The highest BCUT2D eigenvalue weighted by Gasteiger charge is 2.63. The summed E-state index contributed by atoms with van der Waals surface area (Å²) in [4.78, 5) is 11.3. The molecule has 6 unspecified atom stereocenters. The van der Waals surface area contributed by atoms with Gasteiger partial charge in [-0.2, -0.15) is 0 Å². The smallest absolute Gasteiger partial charge is 0.333 e. The van der Waals surface area contributed by atoms with E-state index < -0.39 is 29.4 Å².